The lowest BCUT2D eigenvalue weighted by molar-refractivity contribution is 0.394. The molecular weight excluding hydrogens is 102 g/mol. The molecule has 0 aromatic carbocycles. The summed E-state index contributed by atoms with van der Waals surface area (Å²) in [5.41, 5.74) is 0. The van der Waals surface area contributed by atoms with E-state index in [4.69, 9.17) is 4.74 Å². The molecule has 2 nitrogen and oxygen atoms in total. The SMILES string of the molecule is C1=CO/C=C\NCC1. The maximum atomic E-state index is 4.85. The van der Waals surface area contributed by atoms with Crippen LogP contribution in [0.15, 0.2) is 24.8 Å². The van der Waals surface area contributed by atoms with E-state index >= 15 is 0 Å². The van der Waals surface area contributed by atoms with Crippen molar-refractivity contribution in [2.24, 2.45) is 0 Å². The largest absolute Gasteiger partial charge is 0.471 e. The molecule has 0 saturated heterocycles. The Kier molecular flexibility index (Phi) is 2.04. The molecule has 0 aromatic rings. The molecule has 0 bridgehead atoms. The summed E-state index contributed by atoms with van der Waals surface area (Å²) in [5.74, 6) is 0. The van der Waals surface area contributed by atoms with Gasteiger partial charge in [0, 0.05) is 12.7 Å². The van der Waals surface area contributed by atoms with Crippen molar-refractivity contribution < 1.29 is 4.74 Å². The van der Waals surface area contributed by atoms with Gasteiger partial charge in [-0.15, -0.1) is 0 Å². The average molecular weight is 111 g/mol. The van der Waals surface area contributed by atoms with Gasteiger partial charge in [0.1, 0.15) is 6.26 Å². The van der Waals surface area contributed by atoms with Crippen molar-refractivity contribution in [3.63, 3.8) is 0 Å². The Morgan fingerprint density at radius 2 is 2.38 bits per heavy atom. The predicted molar refractivity (Wildman–Crippen MR) is 32.0 cm³/mol. The van der Waals surface area contributed by atoms with Crippen molar-refractivity contribution in [1.82, 2.24) is 5.32 Å². The van der Waals surface area contributed by atoms with Crippen LogP contribution in [0.25, 0.3) is 0 Å². The van der Waals surface area contributed by atoms with Gasteiger partial charge in [0.2, 0.25) is 0 Å². The summed E-state index contributed by atoms with van der Waals surface area (Å²) >= 11 is 0. The molecule has 0 radical (unpaired) electrons. The summed E-state index contributed by atoms with van der Waals surface area (Å²) in [4.78, 5) is 0. The van der Waals surface area contributed by atoms with Crippen LogP contribution in [0, 0.1) is 0 Å². The number of rotatable bonds is 0. The van der Waals surface area contributed by atoms with Gasteiger partial charge in [-0.1, -0.05) is 0 Å². The lowest BCUT2D eigenvalue weighted by atomic mass is 10.4. The molecule has 1 heterocycles. The first-order valence-electron chi connectivity index (χ1n) is 2.69. The van der Waals surface area contributed by atoms with Crippen LogP contribution in [0.2, 0.25) is 0 Å². The zero-order chi connectivity index (χ0) is 5.66. The second kappa shape index (κ2) is 3.13. The highest BCUT2D eigenvalue weighted by molar-refractivity contribution is 4.83. The molecule has 0 amide bonds. The van der Waals surface area contributed by atoms with Crippen molar-refractivity contribution in [2.45, 2.75) is 6.42 Å². The monoisotopic (exact) mass is 111 g/mol. The molecule has 0 aliphatic carbocycles. The maximum Gasteiger partial charge on any atom is 0.106 e. The van der Waals surface area contributed by atoms with Crippen molar-refractivity contribution in [3.8, 4) is 0 Å². The first-order chi connectivity index (χ1) is 4.00. The molecule has 1 aliphatic rings. The zero-order valence-electron chi connectivity index (χ0n) is 4.63. The lowest BCUT2D eigenvalue weighted by Gasteiger charge is -1.98. The van der Waals surface area contributed by atoms with Crippen LogP contribution in [0.3, 0.4) is 0 Å². The number of hydrogen-bond donors (Lipinski definition) is 1. The van der Waals surface area contributed by atoms with Crippen LogP contribution in [0.4, 0.5) is 0 Å². The molecule has 2 heteroatoms. The van der Waals surface area contributed by atoms with E-state index in [1.165, 1.54) is 0 Å². The smallest absolute Gasteiger partial charge is 0.106 e. The molecular formula is C6H9NO. The fourth-order valence-electron chi connectivity index (χ4n) is 0.506. The highest BCUT2D eigenvalue weighted by Crippen LogP contribution is 1.86. The predicted octanol–water partition coefficient (Wildman–Crippen LogP) is 0.981. The molecule has 0 fully saturated rings. The van der Waals surface area contributed by atoms with Gasteiger partial charge in [0.05, 0.1) is 6.26 Å². The minimum atomic E-state index is 0.996. The first kappa shape index (κ1) is 5.22. The van der Waals surface area contributed by atoms with E-state index in [2.05, 4.69) is 5.32 Å². The normalized spacial score (nSPS) is 22.0. The summed E-state index contributed by atoms with van der Waals surface area (Å²) in [6, 6.07) is 0. The van der Waals surface area contributed by atoms with Gasteiger partial charge in [-0.05, 0) is 12.5 Å². The Balaban J connectivity index is 2.31. The molecule has 0 aromatic heterocycles. The van der Waals surface area contributed by atoms with Gasteiger partial charge in [-0.3, -0.25) is 0 Å². The minimum Gasteiger partial charge on any atom is -0.471 e. The van der Waals surface area contributed by atoms with Gasteiger partial charge < -0.3 is 10.1 Å². The summed E-state index contributed by atoms with van der Waals surface area (Å²) in [5, 5.41) is 3.03. The molecule has 0 atom stereocenters. The third kappa shape index (κ3) is 1.69. The summed E-state index contributed by atoms with van der Waals surface area (Å²) in [6.45, 7) is 0.996. The number of ether oxygens (including phenoxy) is 1. The van der Waals surface area contributed by atoms with Gasteiger partial charge in [-0.2, -0.15) is 0 Å². The fraction of sp³-hybridized carbons (Fsp3) is 0.333. The highest BCUT2D eigenvalue weighted by Gasteiger charge is 1.80. The van der Waals surface area contributed by atoms with Crippen LogP contribution >= 0.6 is 0 Å². The Labute approximate surface area is 48.8 Å². The molecule has 44 valence electrons. The lowest BCUT2D eigenvalue weighted by Crippen LogP contribution is -2.06. The fourth-order valence-corrected chi connectivity index (χ4v) is 0.506. The van der Waals surface area contributed by atoms with Gasteiger partial charge in [0.25, 0.3) is 0 Å². The van der Waals surface area contributed by atoms with E-state index in [1.54, 1.807) is 18.7 Å². The quantitative estimate of drug-likeness (QED) is 0.503. The van der Waals surface area contributed by atoms with E-state index in [1.807, 2.05) is 6.08 Å². The van der Waals surface area contributed by atoms with E-state index < -0.39 is 0 Å². The molecule has 0 unspecified atom stereocenters. The molecule has 8 heavy (non-hydrogen) atoms. The zero-order valence-corrected chi connectivity index (χ0v) is 4.63. The topological polar surface area (TPSA) is 21.3 Å². The summed E-state index contributed by atoms with van der Waals surface area (Å²) in [6.07, 6.45) is 8.12. The minimum absolute atomic E-state index is 0.996. The van der Waals surface area contributed by atoms with Crippen LogP contribution in [-0.2, 0) is 4.74 Å². The van der Waals surface area contributed by atoms with Crippen LogP contribution in [0.1, 0.15) is 6.42 Å². The molecule has 0 saturated carbocycles. The van der Waals surface area contributed by atoms with Crippen molar-refractivity contribution in [2.75, 3.05) is 6.54 Å². The van der Waals surface area contributed by atoms with Crippen molar-refractivity contribution in [1.29, 1.82) is 0 Å². The third-order valence-electron chi connectivity index (χ3n) is 0.895. The maximum absolute atomic E-state index is 4.85. The van der Waals surface area contributed by atoms with E-state index in [-0.39, 0.29) is 0 Å². The number of nitrogens with one attached hydrogen (secondary N) is 1. The third-order valence-corrected chi connectivity index (χ3v) is 0.895. The second-order valence-electron chi connectivity index (χ2n) is 1.55. The van der Waals surface area contributed by atoms with E-state index in [0.717, 1.165) is 13.0 Å². The Morgan fingerprint density at radius 1 is 1.38 bits per heavy atom. The van der Waals surface area contributed by atoms with Gasteiger partial charge >= 0.3 is 0 Å². The average Bonchev–Trinajstić information content (AvgIpc) is 1.62. The van der Waals surface area contributed by atoms with Crippen molar-refractivity contribution in [3.05, 3.63) is 24.8 Å². The summed E-state index contributed by atoms with van der Waals surface area (Å²) < 4.78 is 4.85. The van der Waals surface area contributed by atoms with Crippen LogP contribution in [0.5, 0.6) is 0 Å². The van der Waals surface area contributed by atoms with Crippen LogP contribution < -0.4 is 5.32 Å². The molecule has 1 N–H and O–H groups in total. The van der Waals surface area contributed by atoms with E-state index in [9.17, 15) is 0 Å². The second-order valence-corrected chi connectivity index (χ2v) is 1.55. The molecule has 1 rings (SSSR count). The Hall–Kier alpha value is -0.920. The Morgan fingerprint density at radius 3 is 3.38 bits per heavy atom. The van der Waals surface area contributed by atoms with Gasteiger partial charge in [-0.25, -0.2) is 0 Å². The molecule has 0 spiro atoms. The number of hydrogen-bond acceptors (Lipinski definition) is 2. The Bertz CT molecular complexity index is 95.1. The summed E-state index contributed by atoms with van der Waals surface area (Å²) in [7, 11) is 0. The standard InChI is InChI=1S/C6H9NO/c1-2-5-8-6-4-7-3-1/h2,4-7H,1,3H2/b5-2?,6-4-. The molecule has 1 aliphatic heterocycles. The first-order valence-corrected chi connectivity index (χ1v) is 2.69. The van der Waals surface area contributed by atoms with E-state index in [0.29, 0.717) is 0 Å². The highest BCUT2D eigenvalue weighted by atomic mass is 16.5. The van der Waals surface area contributed by atoms with Gasteiger partial charge in [0.15, 0.2) is 0 Å². The van der Waals surface area contributed by atoms with Crippen LogP contribution in [-0.4, -0.2) is 6.54 Å². The van der Waals surface area contributed by atoms with Crippen molar-refractivity contribution >= 4 is 0 Å².